The van der Waals surface area contributed by atoms with Crippen molar-refractivity contribution in [2.24, 2.45) is 0 Å². The lowest BCUT2D eigenvalue weighted by Gasteiger charge is -2.27. The molecule has 1 aromatic rings. The van der Waals surface area contributed by atoms with Gasteiger partial charge in [0, 0.05) is 12.6 Å². The quantitative estimate of drug-likeness (QED) is 0.621. The molecule has 0 aromatic heterocycles. The van der Waals surface area contributed by atoms with E-state index in [1.54, 1.807) is 0 Å². The SMILES string of the molecule is O=C([O-])[C@H]1CCCN1c1ccc(C(F)(F)F)cc1[N+](=O)[O-]. The first-order valence-electron chi connectivity index (χ1n) is 6.05. The molecule has 1 aromatic carbocycles. The molecule has 1 saturated heterocycles. The summed E-state index contributed by atoms with van der Waals surface area (Å²) in [6.45, 7) is 0.213. The van der Waals surface area contributed by atoms with Crippen LogP contribution in [0.5, 0.6) is 0 Å². The fourth-order valence-corrected chi connectivity index (χ4v) is 2.39. The maximum absolute atomic E-state index is 12.6. The number of rotatable bonds is 3. The Labute approximate surface area is 116 Å². The third-order valence-electron chi connectivity index (χ3n) is 3.33. The average Bonchev–Trinajstić information content (AvgIpc) is 2.85. The number of nitro benzene ring substituents is 1. The van der Waals surface area contributed by atoms with Gasteiger partial charge in [-0.05, 0) is 25.0 Å². The Morgan fingerprint density at radius 1 is 1.38 bits per heavy atom. The van der Waals surface area contributed by atoms with Crippen molar-refractivity contribution in [1.82, 2.24) is 0 Å². The zero-order chi connectivity index (χ0) is 15.8. The van der Waals surface area contributed by atoms with Crippen LogP contribution in [0.15, 0.2) is 18.2 Å². The van der Waals surface area contributed by atoms with Gasteiger partial charge in [0.2, 0.25) is 0 Å². The third-order valence-corrected chi connectivity index (χ3v) is 3.33. The molecule has 0 bridgehead atoms. The van der Waals surface area contributed by atoms with Crippen molar-refractivity contribution in [2.75, 3.05) is 11.4 Å². The number of nitrogens with zero attached hydrogens (tertiary/aromatic N) is 2. The minimum atomic E-state index is -4.71. The van der Waals surface area contributed by atoms with E-state index >= 15 is 0 Å². The Hall–Kier alpha value is -2.32. The van der Waals surface area contributed by atoms with Crippen LogP contribution in [0.4, 0.5) is 24.5 Å². The van der Waals surface area contributed by atoms with Gasteiger partial charge >= 0.3 is 6.18 Å². The second-order valence-electron chi connectivity index (χ2n) is 4.63. The van der Waals surface area contributed by atoms with Gasteiger partial charge in [0.25, 0.3) is 5.69 Å². The number of aliphatic carboxylic acids is 1. The first-order valence-corrected chi connectivity index (χ1v) is 6.05. The van der Waals surface area contributed by atoms with Crippen LogP contribution in [0, 0.1) is 10.1 Å². The number of carbonyl (C=O) groups is 1. The van der Waals surface area contributed by atoms with Crippen LogP contribution < -0.4 is 10.0 Å². The van der Waals surface area contributed by atoms with E-state index in [1.165, 1.54) is 4.90 Å². The number of carbonyl (C=O) groups excluding carboxylic acids is 1. The molecule has 0 saturated carbocycles. The molecule has 6 nitrogen and oxygen atoms in total. The number of hydrogen-bond donors (Lipinski definition) is 0. The van der Waals surface area contributed by atoms with Crippen molar-refractivity contribution < 1.29 is 28.0 Å². The van der Waals surface area contributed by atoms with Crippen molar-refractivity contribution in [3.05, 3.63) is 33.9 Å². The number of carboxylic acids is 1. The fourth-order valence-electron chi connectivity index (χ4n) is 2.39. The summed E-state index contributed by atoms with van der Waals surface area (Å²) in [4.78, 5) is 22.2. The molecule has 1 heterocycles. The molecular formula is C12H10F3N2O4-. The summed E-state index contributed by atoms with van der Waals surface area (Å²) in [5, 5.41) is 22.0. The standard InChI is InChI=1S/C12H11F3N2O4/c13-12(14,15)7-3-4-8(10(6-7)17(20)21)16-5-1-2-9(16)11(18)19/h3-4,6,9H,1-2,5H2,(H,18,19)/p-1/t9-/m1/s1. The maximum atomic E-state index is 12.6. The highest BCUT2D eigenvalue weighted by Gasteiger charge is 2.36. The van der Waals surface area contributed by atoms with Crippen LogP contribution >= 0.6 is 0 Å². The van der Waals surface area contributed by atoms with Crippen LogP contribution in [-0.2, 0) is 11.0 Å². The predicted molar refractivity (Wildman–Crippen MR) is 63.5 cm³/mol. The fraction of sp³-hybridized carbons (Fsp3) is 0.417. The van der Waals surface area contributed by atoms with Crippen LogP contribution in [-0.4, -0.2) is 23.5 Å². The Morgan fingerprint density at radius 3 is 2.57 bits per heavy atom. The average molecular weight is 303 g/mol. The monoisotopic (exact) mass is 303 g/mol. The van der Waals surface area contributed by atoms with Crippen molar-refractivity contribution in [1.29, 1.82) is 0 Å². The summed E-state index contributed by atoms with van der Waals surface area (Å²) in [7, 11) is 0. The number of hydrogen-bond acceptors (Lipinski definition) is 5. The van der Waals surface area contributed by atoms with E-state index in [2.05, 4.69) is 0 Å². The lowest BCUT2D eigenvalue weighted by molar-refractivity contribution is -0.384. The first-order chi connectivity index (χ1) is 9.71. The van der Waals surface area contributed by atoms with E-state index in [-0.39, 0.29) is 18.7 Å². The minimum absolute atomic E-state index is 0.139. The number of halogens is 3. The van der Waals surface area contributed by atoms with Gasteiger partial charge in [-0.1, -0.05) is 0 Å². The smallest absolute Gasteiger partial charge is 0.416 e. The highest BCUT2D eigenvalue weighted by Crippen LogP contribution is 2.38. The molecule has 114 valence electrons. The molecule has 0 amide bonds. The molecule has 0 unspecified atom stereocenters. The van der Waals surface area contributed by atoms with Gasteiger partial charge in [-0.25, -0.2) is 0 Å². The van der Waals surface area contributed by atoms with Gasteiger partial charge in [-0.2, -0.15) is 13.2 Å². The largest absolute Gasteiger partial charge is 0.548 e. The molecule has 1 atom stereocenters. The zero-order valence-corrected chi connectivity index (χ0v) is 10.6. The van der Waals surface area contributed by atoms with Crippen molar-refractivity contribution >= 4 is 17.3 Å². The molecule has 21 heavy (non-hydrogen) atoms. The highest BCUT2D eigenvalue weighted by molar-refractivity contribution is 5.79. The van der Waals surface area contributed by atoms with E-state index < -0.39 is 34.4 Å². The molecule has 0 aliphatic carbocycles. The minimum Gasteiger partial charge on any atom is -0.548 e. The second kappa shape index (κ2) is 5.23. The third kappa shape index (κ3) is 2.91. The summed E-state index contributed by atoms with van der Waals surface area (Å²) in [6, 6.07) is 0.982. The molecular weight excluding hydrogens is 293 g/mol. The second-order valence-corrected chi connectivity index (χ2v) is 4.63. The number of alkyl halides is 3. The van der Waals surface area contributed by atoms with E-state index in [4.69, 9.17) is 0 Å². The number of carboxylic acid groups (broad SMARTS) is 1. The van der Waals surface area contributed by atoms with Crippen LogP contribution in [0.1, 0.15) is 18.4 Å². The maximum Gasteiger partial charge on any atom is 0.416 e. The molecule has 1 aliphatic heterocycles. The summed E-state index contributed by atoms with van der Waals surface area (Å²) in [6.07, 6.45) is -4.00. The Kier molecular flexibility index (Phi) is 3.75. The van der Waals surface area contributed by atoms with Crippen LogP contribution in [0.25, 0.3) is 0 Å². The van der Waals surface area contributed by atoms with Gasteiger partial charge < -0.3 is 14.8 Å². The molecule has 0 radical (unpaired) electrons. The number of anilines is 1. The Morgan fingerprint density at radius 2 is 2.05 bits per heavy atom. The Balaban J connectivity index is 2.49. The molecule has 1 fully saturated rings. The van der Waals surface area contributed by atoms with Crippen molar-refractivity contribution in [3.8, 4) is 0 Å². The zero-order valence-electron chi connectivity index (χ0n) is 10.6. The van der Waals surface area contributed by atoms with E-state index in [0.717, 1.165) is 6.07 Å². The molecule has 2 rings (SSSR count). The number of nitro groups is 1. The Bertz CT molecular complexity index is 588. The molecule has 0 N–H and O–H groups in total. The summed E-state index contributed by atoms with van der Waals surface area (Å²) in [5.74, 6) is -1.40. The van der Waals surface area contributed by atoms with Crippen molar-refractivity contribution in [3.63, 3.8) is 0 Å². The summed E-state index contributed by atoms with van der Waals surface area (Å²) >= 11 is 0. The highest BCUT2D eigenvalue weighted by atomic mass is 19.4. The van der Waals surface area contributed by atoms with E-state index in [0.29, 0.717) is 18.6 Å². The molecule has 0 spiro atoms. The van der Waals surface area contributed by atoms with E-state index in [1.807, 2.05) is 0 Å². The lowest BCUT2D eigenvalue weighted by atomic mass is 10.1. The van der Waals surface area contributed by atoms with Gasteiger partial charge in [0.05, 0.1) is 22.5 Å². The topological polar surface area (TPSA) is 86.5 Å². The van der Waals surface area contributed by atoms with Gasteiger partial charge in [0.15, 0.2) is 0 Å². The molecule has 9 heteroatoms. The van der Waals surface area contributed by atoms with Gasteiger partial charge in [-0.15, -0.1) is 0 Å². The first kappa shape index (κ1) is 15.1. The van der Waals surface area contributed by atoms with Crippen molar-refractivity contribution in [2.45, 2.75) is 25.1 Å². The summed E-state index contributed by atoms with van der Waals surface area (Å²) < 4.78 is 37.8. The van der Waals surface area contributed by atoms with Crippen LogP contribution in [0.3, 0.4) is 0 Å². The normalized spacial score (nSPS) is 18.8. The van der Waals surface area contributed by atoms with Crippen LogP contribution in [0.2, 0.25) is 0 Å². The molecule has 1 aliphatic rings. The predicted octanol–water partition coefficient (Wildman–Crippen LogP) is 1.33. The number of benzene rings is 1. The van der Waals surface area contributed by atoms with E-state index in [9.17, 15) is 33.2 Å². The van der Waals surface area contributed by atoms with Gasteiger partial charge in [0.1, 0.15) is 5.69 Å². The summed E-state index contributed by atoms with van der Waals surface area (Å²) in [5.41, 5.74) is -2.06. The lowest BCUT2D eigenvalue weighted by Crippen LogP contribution is -2.44. The van der Waals surface area contributed by atoms with Gasteiger partial charge in [-0.3, -0.25) is 10.1 Å².